The first-order valence-electron chi connectivity index (χ1n) is 8.88. The van der Waals surface area contributed by atoms with Crippen LogP contribution < -0.4 is 15.4 Å². The van der Waals surface area contributed by atoms with Crippen LogP contribution in [0.2, 0.25) is 5.02 Å². The Morgan fingerprint density at radius 1 is 1.07 bits per heavy atom. The van der Waals surface area contributed by atoms with Gasteiger partial charge >= 0.3 is 0 Å². The van der Waals surface area contributed by atoms with Crippen molar-refractivity contribution in [3.63, 3.8) is 0 Å². The van der Waals surface area contributed by atoms with Crippen molar-refractivity contribution in [3.8, 4) is 5.75 Å². The first-order valence-corrected chi connectivity index (χ1v) is 9.66. The molecule has 0 bridgehead atoms. The Morgan fingerprint density at radius 3 is 2.44 bits per heavy atom. The van der Waals surface area contributed by atoms with E-state index in [0.717, 1.165) is 31.6 Å². The zero-order valence-corrected chi connectivity index (χ0v) is 16.7. The molecule has 5 nitrogen and oxygen atoms in total. The maximum atomic E-state index is 12.5. The molecule has 2 N–H and O–H groups in total. The van der Waals surface area contributed by atoms with Crippen LogP contribution in [0.15, 0.2) is 42.5 Å². The van der Waals surface area contributed by atoms with Crippen LogP contribution in [-0.2, 0) is 0 Å². The summed E-state index contributed by atoms with van der Waals surface area (Å²) in [6, 6.07) is 12.6. The minimum absolute atomic E-state index is 0.0885. The average Bonchev–Trinajstić information content (AvgIpc) is 2.69. The van der Waals surface area contributed by atoms with Gasteiger partial charge < -0.3 is 20.3 Å². The molecule has 142 valence electrons. The number of nitrogens with zero attached hydrogens (tertiary/aromatic N) is 1. The highest BCUT2D eigenvalue weighted by Crippen LogP contribution is 2.27. The van der Waals surface area contributed by atoms with Crippen molar-refractivity contribution in [2.24, 2.45) is 0 Å². The number of methoxy groups -OCH3 is 1. The predicted molar refractivity (Wildman–Crippen MR) is 114 cm³/mol. The number of amides is 1. The van der Waals surface area contributed by atoms with Crippen molar-refractivity contribution in [1.82, 2.24) is 4.90 Å². The molecular weight excluding hydrogens is 382 g/mol. The number of piperidine rings is 1. The van der Waals surface area contributed by atoms with Crippen LogP contribution in [0, 0.1) is 0 Å². The number of ether oxygens (including phenoxy) is 1. The molecule has 0 saturated carbocycles. The van der Waals surface area contributed by atoms with Crippen LogP contribution in [0.3, 0.4) is 0 Å². The first-order chi connectivity index (χ1) is 13.1. The van der Waals surface area contributed by atoms with Crippen LogP contribution in [-0.4, -0.2) is 36.1 Å². The summed E-state index contributed by atoms with van der Waals surface area (Å²) in [5.41, 5.74) is 2.17. The topological polar surface area (TPSA) is 53.6 Å². The van der Waals surface area contributed by atoms with Crippen molar-refractivity contribution in [2.75, 3.05) is 30.8 Å². The molecule has 1 aliphatic rings. The second-order valence-electron chi connectivity index (χ2n) is 6.35. The summed E-state index contributed by atoms with van der Waals surface area (Å²) in [5.74, 6) is 0.733. The van der Waals surface area contributed by atoms with Crippen molar-refractivity contribution >= 4 is 46.2 Å². The van der Waals surface area contributed by atoms with Gasteiger partial charge in [0.05, 0.1) is 12.8 Å². The van der Waals surface area contributed by atoms with Crippen LogP contribution in [0.25, 0.3) is 0 Å². The fraction of sp³-hybridized carbons (Fsp3) is 0.300. The number of rotatable bonds is 4. The fourth-order valence-corrected chi connectivity index (χ4v) is 3.44. The van der Waals surface area contributed by atoms with E-state index in [2.05, 4.69) is 10.6 Å². The van der Waals surface area contributed by atoms with E-state index in [1.54, 1.807) is 25.3 Å². The minimum Gasteiger partial charge on any atom is -0.495 e. The summed E-state index contributed by atoms with van der Waals surface area (Å²) < 4.78 is 5.30. The summed E-state index contributed by atoms with van der Waals surface area (Å²) >= 11 is 11.4. The second-order valence-corrected chi connectivity index (χ2v) is 7.20. The van der Waals surface area contributed by atoms with Gasteiger partial charge in [0.25, 0.3) is 5.91 Å². The molecule has 7 heteroatoms. The third-order valence-corrected chi connectivity index (χ3v) is 4.88. The van der Waals surface area contributed by atoms with Gasteiger partial charge in [-0.05, 0) is 73.9 Å². The number of nitrogens with one attached hydrogen (secondary N) is 2. The number of hydrogen-bond donors (Lipinski definition) is 2. The fourth-order valence-electron chi connectivity index (χ4n) is 3.04. The molecule has 1 saturated heterocycles. The number of benzene rings is 2. The molecule has 0 atom stereocenters. The predicted octanol–water partition coefficient (Wildman–Crippen LogP) is 4.78. The van der Waals surface area contributed by atoms with Crippen LogP contribution in [0.5, 0.6) is 5.75 Å². The Balaban J connectivity index is 1.62. The number of anilines is 2. The SMILES string of the molecule is COc1ccc(Cl)cc1NC(=S)Nc1ccc(C(=O)N2CCCCC2)cc1. The largest absolute Gasteiger partial charge is 0.495 e. The van der Waals surface area contributed by atoms with E-state index < -0.39 is 0 Å². The molecule has 0 unspecified atom stereocenters. The first kappa shape index (κ1) is 19.5. The van der Waals surface area contributed by atoms with Gasteiger partial charge in [-0.1, -0.05) is 11.6 Å². The van der Waals surface area contributed by atoms with Crippen molar-refractivity contribution in [3.05, 3.63) is 53.1 Å². The monoisotopic (exact) mass is 403 g/mol. The number of likely N-dealkylation sites (tertiary alicyclic amines) is 1. The highest BCUT2D eigenvalue weighted by Gasteiger charge is 2.17. The lowest BCUT2D eigenvalue weighted by Gasteiger charge is -2.26. The summed E-state index contributed by atoms with van der Waals surface area (Å²) in [6.45, 7) is 1.68. The Labute approximate surface area is 169 Å². The van der Waals surface area contributed by atoms with Gasteiger partial charge in [-0.3, -0.25) is 4.79 Å². The standard InChI is InChI=1S/C20H22ClN3O2S/c1-26-18-10-7-15(21)13-17(18)23-20(27)22-16-8-5-14(6-9-16)19(25)24-11-3-2-4-12-24/h5-10,13H,2-4,11-12H2,1H3,(H2,22,23,27). The lowest BCUT2D eigenvalue weighted by Crippen LogP contribution is -2.35. The van der Waals surface area contributed by atoms with Gasteiger partial charge in [-0.25, -0.2) is 0 Å². The zero-order chi connectivity index (χ0) is 19.2. The maximum absolute atomic E-state index is 12.5. The lowest BCUT2D eigenvalue weighted by molar-refractivity contribution is 0.0724. The summed E-state index contributed by atoms with van der Waals surface area (Å²) in [5, 5.41) is 7.17. The molecule has 27 heavy (non-hydrogen) atoms. The quantitative estimate of drug-likeness (QED) is 0.719. The molecule has 1 fully saturated rings. The summed E-state index contributed by atoms with van der Waals surface area (Å²) in [4.78, 5) is 14.4. The van der Waals surface area contributed by atoms with E-state index >= 15 is 0 Å². The van der Waals surface area contributed by atoms with Crippen LogP contribution in [0.4, 0.5) is 11.4 Å². The molecule has 0 spiro atoms. The van der Waals surface area contributed by atoms with Gasteiger partial charge in [-0.15, -0.1) is 0 Å². The molecule has 1 amide bonds. The van der Waals surface area contributed by atoms with Crippen molar-refractivity contribution in [2.45, 2.75) is 19.3 Å². The molecule has 1 aliphatic heterocycles. The van der Waals surface area contributed by atoms with Crippen molar-refractivity contribution in [1.29, 1.82) is 0 Å². The lowest BCUT2D eigenvalue weighted by atomic mass is 10.1. The average molecular weight is 404 g/mol. The third-order valence-electron chi connectivity index (χ3n) is 4.44. The molecule has 1 heterocycles. The van der Waals surface area contributed by atoms with E-state index in [4.69, 9.17) is 28.6 Å². The number of carbonyl (C=O) groups excluding carboxylic acids is 1. The van der Waals surface area contributed by atoms with Gasteiger partial charge in [0.15, 0.2) is 5.11 Å². The Hall–Kier alpha value is -2.31. The van der Waals surface area contributed by atoms with E-state index in [0.29, 0.717) is 27.1 Å². The van der Waals surface area contributed by atoms with Gasteiger partial charge in [0, 0.05) is 29.4 Å². The zero-order valence-electron chi connectivity index (χ0n) is 15.1. The van der Waals surface area contributed by atoms with Gasteiger partial charge in [0.1, 0.15) is 5.75 Å². The maximum Gasteiger partial charge on any atom is 0.253 e. The van der Waals surface area contributed by atoms with Crippen molar-refractivity contribution < 1.29 is 9.53 Å². The molecule has 0 aromatic heterocycles. The molecule has 3 rings (SSSR count). The summed E-state index contributed by atoms with van der Waals surface area (Å²) in [7, 11) is 1.59. The highest BCUT2D eigenvalue weighted by atomic mass is 35.5. The second kappa shape index (κ2) is 9.06. The van der Waals surface area contributed by atoms with Gasteiger partial charge in [0.2, 0.25) is 0 Å². The molecule has 0 aliphatic carbocycles. The Morgan fingerprint density at radius 2 is 1.78 bits per heavy atom. The Kier molecular flexibility index (Phi) is 6.53. The number of hydrogen-bond acceptors (Lipinski definition) is 3. The Bertz CT molecular complexity index is 820. The number of carbonyl (C=O) groups is 1. The minimum atomic E-state index is 0.0885. The molecule has 2 aromatic rings. The number of thiocarbonyl (C=S) groups is 1. The van der Waals surface area contributed by atoms with Crippen LogP contribution >= 0.6 is 23.8 Å². The highest BCUT2D eigenvalue weighted by molar-refractivity contribution is 7.80. The molecule has 2 aromatic carbocycles. The molecular formula is C20H22ClN3O2S. The van der Waals surface area contributed by atoms with E-state index in [9.17, 15) is 4.79 Å². The third kappa shape index (κ3) is 5.11. The number of halogens is 1. The smallest absolute Gasteiger partial charge is 0.253 e. The van der Waals surface area contributed by atoms with E-state index in [1.807, 2.05) is 29.2 Å². The van der Waals surface area contributed by atoms with E-state index in [1.165, 1.54) is 6.42 Å². The normalized spacial score (nSPS) is 13.8. The molecule has 0 radical (unpaired) electrons. The van der Waals surface area contributed by atoms with Crippen LogP contribution in [0.1, 0.15) is 29.6 Å². The summed E-state index contributed by atoms with van der Waals surface area (Å²) in [6.07, 6.45) is 3.37. The van der Waals surface area contributed by atoms with Gasteiger partial charge in [-0.2, -0.15) is 0 Å². The van der Waals surface area contributed by atoms with E-state index in [-0.39, 0.29) is 5.91 Å².